The van der Waals surface area contributed by atoms with Crippen LogP contribution in [0.4, 0.5) is 32.2 Å². The molecule has 1 aromatic carbocycles. The van der Waals surface area contributed by atoms with E-state index in [4.69, 9.17) is 10.5 Å². The van der Waals surface area contributed by atoms with Gasteiger partial charge in [-0.2, -0.15) is 13.2 Å². The zero-order chi connectivity index (χ0) is 29.2. The smallest absolute Gasteiger partial charge is 0.407 e. The van der Waals surface area contributed by atoms with E-state index >= 15 is 0 Å². The summed E-state index contributed by atoms with van der Waals surface area (Å²) in [5, 5.41) is 2.59. The van der Waals surface area contributed by atoms with Gasteiger partial charge in [0.25, 0.3) is 11.5 Å². The molecular weight excluding hydrogens is 544 g/mol. The first-order chi connectivity index (χ1) is 18.7. The minimum atomic E-state index is -4.95. The Balaban J connectivity index is 1.44. The quantitative estimate of drug-likeness (QED) is 0.355. The molecule has 3 atom stereocenters. The highest BCUT2D eigenvalue weighted by Gasteiger charge is 2.47. The van der Waals surface area contributed by atoms with Crippen LogP contribution in [0.1, 0.15) is 36.4 Å². The summed E-state index contributed by atoms with van der Waals surface area (Å²) in [5.41, 5.74) is 2.93. The lowest BCUT2D eigenvalue weighted by molar-refractivity contribution is -0.149. The van der Waals surface area contributed by atoms with Gasteiger partial charge in [-0.05, 0) is 55.0 Å². The number of aromatic nitrogens is 2. The van der Waals surface area contributed by atoms with Gasteiger partial charge in [0.2, 0.25) is 5.91 Å². The maximum absolute atomic E-state index is 14.9. The van der Waals surface area contributed by atoms with Crippen LogP contribution < -0.4 is 21.3 Å². The Hall–Kier alpha value is -3.91. The van der Waals surface area contributed by atoms with Crippen LogP contribution >= 0.6 is 0 Å². The largest absolute Gasteiger partial charge is 0.456 e. The molecular formula is C26H25F6N5O3. The molecule has 40 heavy (non-hydrogen) atoms. The molecule has 1 amide bonds. The van der Waals surface area contributed by atoms with Gasteiger partial charge < -0.3 is 20.8 Å². The number of H-pyrrole nitrogens is 1. The highest BCUT2D eigenvalue weighted by atomic mass is 19.4. The second-order valence-corrected chi connectivity index (χ2v) is 9.40. The van der Waals surface area contributed by atoms with E-state index in [1.807, 2.05) is 0 Å². The van der Waals surface area contributed by atoms with Gasteiger partial charge in [-0.1, -0.05) is 0 Å². The predicted octanol–water partition coefficient (Wildman–Crippen LogP) is 4.72. The molecule has 4 rings (SSSR count). The monoisotopic (exact) mass is 569 g/mol. The van der Waals surface area contributed by atoms with Crippen LogP contribution in [-0.2, 0) is 4.79 Å². The van der Waals surface area contributed by atoms with Crippen molar-refractivity contribution < 1.29 is 35.9 Å². The molecule has 2 unspecified atom stereocenters. The molecule has 8 nitrogen and oxygen atoms in total. The number of carbonyl (C=O) groups is 1. The molecule has 0 bridgehead atoms. The number of amides is 1. The lowest BCUT2D eigenvalue weighted by atomic mass is 9.86. The fraction of sp³-hybridized carbons (Fsp3) is 0.346. The Morgan fingerprint density at radius 2 is 1.88 bits per heavy atom. The molecule has 4 N–H and O–H groups in total. The molecule has 3 aromatic rings. The van der Waals surface area contributed by atoms with E-state index in [1.165, 1.54) is 54.4 Å². The number of rotatable bonds is 7. The van der Waals surface area contributed by atoms with Gasteiger partial charge in [-0.15, -0.1) is 0 Å². The van der Waals surface area contributed by atoms with Gasteiger partial charge in [0, 0.05) is 31.3 Å². The van der Waals surface area contributed by atoms with Crippen molar-refractivity contribution in [1.82, 2.24) is 14.9 Å². The van der Waals surface area contributed by atoms with Crippen molar-refractivity contribution in [3.63, 3.8) is 0 Å². The third kappa shape index (κ3) is 6.62. The Morgan fingerprint density at radius 3 is 2.50 bits per heavy atom. The van der Waals surface area contributed by atoms with Crippen molar-refractivity contribution in [2.45, 2.75) is 43.4 Å². The number of benzene rings is 1. The minimum absolute atomic E-state index is 0.158. The Labute approximate surface area is 224 Å². The number of ether oxygens (including phenoxy) is 1. The normalized spacial score (nSPS) is 19.1. The molecule has 0 spiro atoms. The lowest BCUT2D eigenvalue weighted by Gasteiger charge is -2.40. The van der Waals surface area contributed by atoms with Crippen molar-refractivity contribution in [3.8, 4) is 11.5 Å². The number of likely N-dealkylation sites (tertiary alicyclic amines) is 1. The van der Waals surface area contributed by atoms with Crippen molar-refractivity contribution in [1.29, 1.82) is 0 Å². The zero-order valence-electron chi connectivity index (χ0n) is 21.0. The molecule has 3 heterocycles. The zero-order valence-corrected chi connectivity index (χ0v) is 21.0. The fourth-order valence-corrected chi connectivity index (χ4v) is 4.30. The van der Waals surface area contributed by atoms with Crippen LogP contribution in [0.15, 0.2) is 59.7 Å². The molecule has 1 fully saturated rings. The molecule has 14 heteroatoms. The van der Waals surface area contributed by atoms with E-state index in [0.717, 1.165) is 12.3 Å². The van der Waals surface area contributed by atoms with Gasteiger partial charge in [0.05, 0.1) is 18.2 Å². The third-order valence-corrected chi connectivity index (χ3v) is 6.67. The SMILES string of the molecule is CC(C(=O)Nc1ccc(Oc2ccc(F)cc2)cn1)N1CCC(F)(F)[C@@H](c2c[nH]c(=O)c(C(N)C(F)(F)F)c2)C1. The van der Waals surface area contributed by atoms with Gasteiger partial charge in [-0.25, -0.2) is 18.2 Å². The standard InChI is InChI=1S/C26H25F6N5O3/c1-14(23(38)36-21-7-6-18(12-34-21)40-17-4-2-16(27)3-5-17)37-9-8-25(28,29)20(13-37)15-10-19(24(39)35-11-15)22(33)26(30,31)32/h2-7,10-12,14,20,22H,8-9,13,33H2,1H3,(H,35,39)(H,34,36,38)/t14?,20-,22?/m1/s1. The Morgan fingerprint density at radius 1 is 1.20 bits per heavy atom. The number of hydrogen-bond donors (Lipinski definition) is 3. The van der Waals surface area contributed by atoms with E-state index in [9.17, 15) is 35.9 Å². The summed E-state index contributed by atoms with van der Waals surface area (Å²) < 4.78 is 87.7. The van der Waals surface area contributed by atoms with E-state index in [2.05, 4.69) is 15.3 Å². The van der Waals surface area contributed by atoms with Crippen molar-refractivity contribution in [2.24, 2.45) is 5.73 Å². The van der Waals surface area contributed by atoms with E-state index < -0.39 is 59.4 Å². The number of hydrogen-bond acceptors (Lipinski definition) is 6. The van der Waals surface area contributed by atoms with E-state index in [1.54, 1.807) is 0 Å². The van der Waals surface area contributed by atoms with E-state index in [-0.39, 0.29) is 24.5 Å². The molecule has 214 valence electrons. The van der Waals surface area contributed by atoms with Crippen molar-refractivity contribution in [3.05, 3.63) is 82.2 Å². The lowest BCUT2D eigenvalue weighted by Crippen LogP contribution is -2.52. The summed E-state index contributed by atoms with van der Waals surface area (Å²) in [6, 6.07) is 5.51. The number of nitrogens with zero attached hydrogens (tertiary/aromatic N) is 2. The van der Waals surface area contributed by atoms with Gasteiger partial charge in [0.15, 0.2) is 0 Å². The number of aromatic amines is 1. The topological polar surface area (TPSA) is 113 Å². The van der Waals surface area contributed by atoms with Crippen LogP contribution in [0.5, 0.6) is 11.5 Å². The Bertz CT molecular complexity index is 1400. The first-order valence-electron chi connectivity index (χ1n) is 12.1. The van der Waals surface area contributed by atoms with Gasteiger partial charge in [0.1, 0.15) is 29.2 Å². The highest BCUT2D eigenvalue weighted by molar-refractivity contribution is 5.93. The molecule has 0 radical (unpaired) electrons. The van der Waals surface area contributed by atoms with Crippen LogP contribution in [-0.4, -0.2) is 52.0 Å². The van der Waals surface area contributed by atoms with Crippen molar-refractivity contribution >= 4 is 11.7 Å². The van der Waals surface area contributed by atoms with Crippen molar-refractivity contribution in [2.75, 3.05) is 18.4 Å². The van der Waals surface area contributed by atoms with Gasteiger partial charge >= 0.3 is 6.18 Å². The number of halogens is 6. The van der Waals surface area contributed by atoms with Crippen LogP contribution in [0, 0.1) is 5.82 Å². The Kier molecular flexibility index (Phi) is 8.21. The number of pyridine rings is 2. The molecule has 1 saturated heterocycles. The van der Waals surface area contributed by atoms with E-state index in [0.29, 0.717) is 11.5 Å². The average Bonchev–Trinajstić information content (AvgIpc) is 2.90. The summed E-state index contributed by atoms with van der Waals surface area (Å²) >= 11 is 0. The van der Waals surface area contributed by atoms with Crippen LogP contribution in [0.2, 0.25) is 0 Å². The molecule has 1 aliphatic rings. The van der Waals surface area contributed by atoms with Crippen LogP contribution in [0.3, 0.4) is 0 Å². The van der Waals surface area contributed by atoms with Gasteiger partial charge in [-0.3, -0.25) is 14.5 Å². The minimum Gasteiger partial charge on any atom is -0.456 e. The summed E-state index contributed by atoms with van der Waals surface area (Å²) in [6.07, 6.45) is -3.33. The summed E-state index contributed by atoms with van der Waals surface area (Å²) in [4.78, 5) is 32.5. The predicted molar refractivity (Wildman–Crippen MR) is 133 cm³/mol. The number of nitrogens with one attached hydrogen (secondary N) is 2. The highest BCUT2D eigenvalue weighted by Crippen LogP contribution is 2.41. The van der Waals surface area contributed by atoms with Crippen LogP contribution in [0.25, 0.3) is 0 Å². The maximum Gasteiger partial charge on any atom is 0.407 e. The summed E-state index contributed by atoms with van der Waals surface area (Å²) in [7, 11) is 0. The fourth-order valence-electron chi connectivity index (χ4n) is 4.30. The second-order valence-electron chi connectivity index (χ2n) is 9.40. The molecule has 2 aromatic heterocycles. The third-order valence-electron chi connectivity index (χ3n) is 6.67. The number of nitrogens with two attached hydrogens (primary N) is 1. The number of anilines is 1. The second kappa shape index (κ2) is 11.3. The first kappa shape index (κ1) is 29.1. The molecule has 1 aliphatic heterocycles. The summed E-state index contributed by atoms with van der Waals surface area (Å²) in [6.45, 7) is 0.972. The average molecular weight is 570 g/mol. The number of alkyl halides is 5. The maximum atomic E-state index is 14.9. The first-order valence-corrected chi connectivity index (χ1v) is 12.1. The number of piperidine rings is 1. The summed E-state index contributed by atoms with van der Waals surface area (Å²) in [5.74, 6) is -5.03. The number of carbonyl (C=O) groups excluding carboxylic acids is 1. The molecule has 0 saturated carbocycles. The molecule has 0 aliphatic carbocycles.